The molecule has 0 bridgehead atoms. The highest BCUT2D eigenvalue weighted by Gasteiger charge is 2.30. The Labute approximate surface area is 153 Å². The van der Waals surface area contributed by atoms with Gasteiger partial charge in [0.15, 0.2) is 0 Å². The first-order chi connectivity index (χ1) is 12.7. The zero-order valence-electron chi connectivity index (χ0n) is 15.5. The highest BCUT2D eigenvalue weighted by Crippen LogP contribution is 2.36. The van der Waals surface area contributed by atoms with Crippen LogP contribution in [0.4, 0.5) is 0 Å². The van der Waals surface area contributed by atoms with Crippen LogP contribution in [0.25, 0.3) is 5.69 Å². The topological polar surface area (TPSA) is 56.3 Å². The van der Waals surface area contributed by atoms with Crippen molar-refractivity contribution in [1.29, 1.82) is 0 Å². The molecule has 6 heteroatoms. The molecule has 1 saturated heterocycles. The summed E-state index contributed by atoms with van der Waals surface area (Å²) in [5.41, 5.74) is 4.39. The predicted molar refractivity (Wildman–Crippen MR) is 98.5 cm³/mol. The fraction of sp³-hybridized carbons (Fsp3) is 0.400. The maximum atomic E-state index is 5.45. The van der Waals surface area contributed by atoms with E-state index in [1.165, 1.54) is 17.5 Å². The Kier molecular flexibility index (Phi) is 4.51. The number of ether oxygens (including phenoxy) is 1. The van der Waals surface area contributed by atoms with Crippen LogP contribution in [0, 0.1) is 13.8 Å². The molecule has 6 nitrogen and oxygen atoms in total. The van der Waals surface area contributed by atoms with Gasteiger partial charge in [0.2, 0.25) is 0 Å². The first kappa shape index (κ1) is 16.8. The first-order valence-corrected chi connectivity index (χ1v) is 9.01. The van der Waals surface area contributed by atoms with Crippen molar-refractivity contribution < 1.29 is 9.26 Å². The normalized spacial score (nSPS) is 17.7. The molecule has 3 aromatic rings. The zero-order valence-corrected chi connectivity index (χ0v) is 15.5. The van der Waals surface area contributed by atoms with Crippen LogP contribution >= 0.6 is 0 Å². The second-order valence-corrected chi connectivity index (χ2v) is 6.83. The van der Waals surface area contributed by atoms with Gasteiger partial charge in [-0.2, -0.15) is 5.10 Å². The lowest BCUT2D eigenvalue weighted by Gasteiger charge is -2.23. The monoisotopic (exact) mass is 352 g/mol. The van der Waals surface area contributed by atoms with Gasteiger partial charge in [-0.1, -0.05) is 17.3 Å². The predicted octanol–water partition coefficient (Wildman–Crippen LogP) is 3.82. The molecule has 0 aliphatic carbocycles. The molecule has 1 aliphatic heterocycles. The molecule has 3 heterocycles. The average Bonchev–Trinajstić information content (AvgIpc) is 3.37. The standard InChI is InChI=1S/C20H24N4O2/c1-14-20(15(2)26-22-14)18-8-6-10-23(18)12-16-11-21-24(13-16)17-7-4-5-9-19(17)25-3/h4-5,7,9,11,13,18H,6,8,10,12H2,1-3H3/t18-/m0/s1. The Bertz CT molecular complexity index is 879. The van der Waals surface area contributed by atoms with Crippen molar-refractivity contribution in [1.82, 2.24) is 19.8 Å². The molecule has 1 fully saturated rings. The van der Waals surface area contributed by atoms with E-state index in [0.29, 0.717) is 6.04 Å². The molecule has 0 unspecified atom stereocenters. The number of aromatic nitrogens is 3. The van der Waals surface area contributed by atoms with Crippen LogP contribution in [0.2, 0.25) is 0 Å². The van der Waals surface area contributed by atoms with E-state index < -0.39 is 0 Å². The van der Waals surface area contributed by atoms with Crippen molar-refractivity contribution in [3.8, 4) is 11.4 Å². The van der Waals surface area contributed by atoms with Gasteiger partial charge in [0.05, 0.1) is 19.0 Å². The van der Waals surface area contributed by atoms with Gasteiger partial charge in [0, 0.05) is 29.9 Å². The summed E-state index contributed by atoms with van der Waals surface area (Å²) in [6.45, 7) is 5.98. The van der Waals surface area contributed by atoms with E-state index in [1.54, 1.807) is 7.11 Å². The lowest BCUT2D eigenvalue weighted by atomic mass is 10.0. The Balaban J connectivity index is 1.55. The maximum absolute atomic E-state index is 5.45. The molecule has 0 amide bonds. The molecule has 2 aromatic heterocycles. The molecule has 0 radical (unpaired) electrons. The third-order valence-electron chi connectivity index (χ3n) is 5.14. The maximum Gasteiger partial charge on any atom is 0.144 e. The van der Waals surface area contributed by atoms with Crippen molar-refractivity contribution >= 4 is 0 Å². The molecule has 4 rings (SSSR count). The van der Waals surface area contributed by atoms with E-state index in [1.807, 2.05) is 49.0 Å². The summed E-state index contributed by atoms with van der Waals surface area (Å²) in [6.07, 6.45) is 6.36. The lowest BCUT2D eigenvalue weighted by molar-refractivity contribution is 0.245. The fourth-order valence-electron chi connectivity index (χ4n) is 3.94. The molecule has 1 aliphatic rings. The highest BCUT2D eigenvalue weighted by atomic mass is 16.5. The van der Waals surface area contributed by atoms with Gasteiger partial charge >= 0.3 is 0 Å². The van der Waals surface area contributed by atoms with Crippen molar-refractivity contribution in [2.24, 2.45) is 0 Å². The largest absolute Gasteiger partial charge is 0.494 e. The minimum Gasteiger partial charge on any atom is -0.494 e. The van der Waals surface area contributed by atoms with Crippen molar-refractivity contribution in [3.05, 3.63) is 59.2 Å². The lowest BCUT2D eigenvalue weighted by Crippen LogP contribution is -2.23. The minimum atomic E-state index is 0.371. The molecule has 26 heavy (non-hydrogen) atoms. The van der Waals surface area contributed by atoms with Crippen molar-refractivity contribution in [2.75, 3.05) is 13.7 Å². The van der Waals surface area contributed by atoms with E-state index >= 15 is 0 Å². The third kappa shape index (κ3) is 3.01. The van der Waals surface area contributed by atoms with Crippen molar-refractivity contribution in [3.63, 3.8) is 0 Å². The first-order valence-electron chi connectivity index (χ1n) is 9.01. The van der Waals surface area contributed by atoms with E-state index in [0.717, 1.165) is 42.4 Å². The number of likely N-dealkylation sites (tertiary alicyclic amines) is 1. The molecule has 0 saturated carbocycles. The zero-order chi connectivity index (χ0) is 18.1. The van der Waals surface area contributed by atoms with Gasteiger partial charge in [-0.15, -0.1) is 0 Å². The second-order valence-electron chi connectivity index (χ2n) is 6.83. The van der Waals surface area contributed by atoms with Crippen LogP contribution in [0.1, 0.15) is 41.5 Å². The van der Waals surface area contributed by atoms with E-state index in [2.05, 4.69) is 21.4 Å². The van der Waals surface area contributed by atoms with Crippen LogP contribution < -0.4 is 4.74 Å². The summed E-state index contributed by atoms with van der Waals surface area (Å²) in [5, 5.41) is 8.67. The van der Waals surface area contributed by atoms with E-state index in [-0.39, 0.29) is 0 Å². The quantitative estimate of drug-likeness (QED) is 0.699. The molecule has 0 spiro atoms. The molecule has 1 atom stereocenters. The summed E-state index contributed by atoms with van der Waals surface area (Å²) in [6, 6.07) is 8.29. The summed E-state index contributed by atoms with van der Waals surface area (Å²) in [4.78, 5) is 2.50. The smallest absolute Gasteiger partial charge is 0.144 e. The van der Waals surface area contributed by atoms with Gasteiger partial charge < -0.3 is 9.26 Å². The van der Waals surface area contributed by atoms with Gasteiger partial charge in [0.25, 0.3) is 0 Å². The van der Waals surface area contributed by atoms with Crippen LogP contribution in [-0.4, -0.2) is 33.5 Å². The Morgan fingerprint density at radius 1 is 1.27 bits per heavy atom. The van der Waals surface area contributed by atoms with Crippen LogP contribution in [0.3, 0.4) is 0 Å². The van der Waals surface area contributed by atoms with Gasteiger partial charge in [-0.25, -0.2) is 4.68 Å². The molecular formula is C20H24N4O2. The molecule has 136 valence electrons. The third-order valence-corrected chi connectivity index (χ3v) is 5.14. The highest BCUT2D eigenvalue weighted by molar-refractivity contribution is 5.46. The number of benzene rings is 1. The number of hydrogen-bond acceptors (Lipinski definition) is 5. The molecular weight excluding hydrogens is 328 g/mol. The summed E-state index contributed by atoms with van der Waals surface area (Å²) in [5.74, 6) is 1.75. The van der Waals surface area contributed by atoms with E-state index in [9.17, 15) is 0 Å². The summed E-state index contributed by atoms with van der Waals surface area (Å²) in [7, 11) is 1.68. The fourth-order valence-corrected chi connectivity index (χ4v) is 3.94. The Hall–Kier alpha value is -2.60. The molecule has 0 N–H and O–H groups in total. The van der Waals surface area contributed by atoms with Crippen LogP contribution in [0.5, 0.6) is 5.75 Å². The SMILES string of the molecule is COc1ccccc1-n1cc(CN2CCC[C@H]2c2c(C)noc2C)cn1. The Morgan fingerprint density at radius 3 is 2.88 bits per heavy atom. The second kappa shape index (κ2) is 6.96. The number of methoxy groups -OCH3 is 1. The van der Waals surface area contributed by atoms with Crippen LogP contribution in [0.15, 0.2) is 41.2 Å². The number of hydrogen-bond donors (Lipinski definition) is 0. The molecule has 1 aromatic carbocycles. The van der Waals surface area contributed by atoms with Gasteiger partial charge in [0.1, 0.15) is 17.2 Å². The number of nitrogens with zero attached hydrogens (tertiary/aromatic N) is 4. The minimum absolute atomic E-state index is 0.371. The van der Waals surface area contributed by atoms with Crippen LogP contribution in [-0.2, 0) is 6.54 Å². The number of aryl methyl sites for hydroxylation is 2. The van der Waals surface area contributed by atoms with Crippen molar-refractivity contribution in [2.45, 2.75) is 39.3 Å². The van der Waals surface area contributed by atoms with Gasteiger partial charge in [-0.05, 0) is 45.4 Å². The summed E-state index contributed by atoms with van der Waals surface area (Å²) >= 11 is 0. The number of para-hydroxylation sites is 2. The average molecular weight is 352 g/mol. The summed E-state index contributed by atoms with van der Waals surface area (Å²) < 4.78 is 12.7. The van der Waals surface area contributed by atoms with Gasteiger partial charge in [-0.3, -0.25) is 4.90 Å². The van der Waals surface area contributed by atoms with E-state index in [4.69, 9.17) is 9.26 Å². The Morgan fingerprint density at radius 2 is 2.12 bits per heavy atom. The number of rotatable bonds is 5.